The van der Waals surface area contributed by atoms with E-state index < -0.39 is 0 Å². The molecule has 1 atom stereocenters. The summed E-state index contributed by atoms with van der Waals surface area (Å²) in [5, 5.41) is 0. The van der Waals surface area contributed by atoms with Gasteiger partial charge in [-0.05, 0) is 36.3 Å². The molecule has 0 radical (unpaired) electrons. The first-order chi connectivity index (χ1) is 8.92. The fourth-order valence-corrected chi connectivity index (χ4v) is 2.61. The summed E-state index contributed by atoms with van der Waals surface area (Å²) in [7, 11) is 0. The molecule has 2 aromatic carbocycles. The summed E-state index contributed by atoms with van der Waals surface area (Å²) in [6.45, 7) is 0. The van der Waals surface area contributed by atoms with Crippen molar-refractivity contribution >= 4 is 0 Å². The van der Waals surface area contributed by atoms with Crippen LogP contribution in [0, 0.1) is 5.92 Å². The standard InChI is InChI=1S/C18H18/c1-3-7-15(8-4-1)13-17-11-12-18(17)14-16-9-5-2-6-10-16/h1-11,18H,12-14H2. The Morgan fingerprint density at radius 1 is 0.778 bits per heavy atom. The molecule has 90 valence electrons. The van der Waals surface area contributed by atoms with Gasteiger partial charge in [0.05, 0.1) is 0 Å². The van der Waals surface area contributed by atoms with E-state index in [1.54, 1.807) is 5.57 Å². The molecule has 0 amide bonds. The summed E-state index contributed by atoms with van der Waals surface area (Å²) in [5.41, 5.74) is 4.51. The second-order valence-corrected chi connectivity index (χ2v) is 5.06. The van der Waals surface area contributed by atoms with Gasteiger partial charge in [0.15, 0.2) is 0 Å². The predicted molar refractivity (Wildman–Crippen MR) is 76.5 cm³/mol. The molecule has 0 nitrogen and oxygen atoms in total. The average Bonchev–Trinajstić information content (AvgIpc) is 2.43. The zero-order chi connectivity index (χ0) is 12.2. The van der Waals surface area contributed by atoms with E-state index >= 15 is 0 Å². The number of benzene rings is 2. The Morgan fingerprint density at radius 2 is 1.39 bits per heavy atom. The summed E-state index contributed by atoms with van der Waals surface area (Å²) in [6, 6.07) is 21.6. The molecule has 0 spiro atoms. The molecular formula is C18H18. The number of hydrogen-bond donors (Lipinski definition) is 0. The van der Waals surface area contributed by atoms with E-state index in [1.807, 2.05) is 0 Å². The maximum absolute atomic E-state index is 2.40. The number of rotatable bonds is 4. The van der Waals surface area contributed by atoms with Crippen LogP contribution in [-0.4, -0.2) is 0 Å². The molecule has 1 aliphatic carbocycles. The third kappa shape index (κ3) is 2.53. The van der Waals surface area contributed by atoms with E-state index in [0.29, 0.717) is 0 Å². The second kappa shape index (κ2) is 5.22. The van der Waals surface area contributed by atoms with Crippen molar-refractivity contribution in [2.75, 3.05) is 0 Å². The molecule has 3 rings (SSSR count). The zero-order valence-corrected chi connectivity index (χ0v) is 10.5. The molecule has 1 unspecified atom stereocenters. The topological polar surface area (TPSA) is 0 Å². The van der Waals surface area contributed by atoms with Crippen LogP contribution in [0.3, 0.4) is 0 Å². The Bertz CT molecular complexity index is 522. The lowest BCUT2D eigenvalue weighted by molar-refractivity contribution is 0.544. The summed E-state index contributed by atoms with van der Waals surface area (Å²) in [6.07, 6.45) is 5.97. The average molecular weight is 234 g/mol. The van der Waals surface area contributed by atoms with Gasteiger partial charge in [0, 0.05) is 0 Å². The number of hydrogen-bond acceptors (Lipinski definition) is 0. The van der Waals surface area contributed by atoms with Crippen molar-refractivity contribution in [1.82, 2.24) is 0 Å². The minimum Gasteiger partial charge on any atom is -0.0841 e. The Hall–Kier alpha value is -1.82. The van der Waals surface area contributed by atoms with E-state index in [2.05, 4.69) is 66.7 Å². The van der Waals surface area contributed by atoms with E-state index in [9.17, 15) is 0 Å². The number of allylic oxidation sites excluding steroid dienone is 2. The molecule has 0 heteroatoms. The van der Waals surface area contributed by atoms with Crippen molar-refractivity contribution in [3.63, 3.8) is 0 Å². The van der Waals surface area contributed by atoms with Crippen LogP contribution in [0.2, 0.25) is 0 Å². The smallest absolute Gasteiger partial charge is 0.00641 e. The minimum absolute atomic E-state index is 0.757. The van der Waals surface area contributed by atoms with Gasteiger partial charge in [0.1, 0.15) is 0 Å². The van der Waals surface area contributed by atoms with Gasteiger partial charge in [-0.2, -0.15) is 0 Å². The molecule has 0 N–H and O–H groups in total. The Kier molecular flexibility index (Phi) is 3.27. The van der Waals surface area contributed by atoms with E-state index in [4.69, 9.17) is 0 Å². The van der Waals surface area contributed by atoms with Gasteiger partial charge in [0.25, 0.3) is 0 Å². The Labute approximate surface area is 109 Å². The normalized spacial score (nSPS) is 18.0. The summed E-state index contributed by atoms with van der Waals surface area (Å²) >= 11 is 0. The second-order valence-electron chi connectivity index (χ2n) is 5.06. The lowest BCUT2D eigenvalue weighted by Gasteiger charge is -2.27. The van der Waals surface area contributed by atoms with E-state index in [-0.39, 0.29) is 0 Å². The van der Waals surface area contributed by atoms with Gasteiger partial charge in [-0.3, -0.25) is 0 Å². The molecule has 0 saturated carbocycles. The highest BCUT2D eigenvalue weighted by molar-refractivity contribution is 5.30. The molecule has 1 aliphatic rings. The Morgan fingerprint density at radius 3 is 1.94 bits per heavy atom. The van der Waals surface area contributed by atoms with Crippen molar-refractivity contribution in [1.29, 1.82) is 0 Å². The van der Waals surface area contributed by atoms with Crippen LogP contribution < -0.4 is 0 Å². The highest BCUT2D eigenvalue weighted by Gasteiger charge is 2.21. The van der Waals surface area contributed by atoms with Gasteiger partial charge in [-0.1, -0.05) is 72.3 Å². The van der Waals surface area contributed by atoms with E-state index in [0.717, 1.165) is 12.3 Å². The maximum Gasteiger partial charge on any atom is -0.00641 e. The lowest BCUT2D eigenvalue weighted by Crippen LogP contribution is -2.17. The van der Waals surface area contributed by atoms with Crippen molar-refractivity contribution in [2.24, 2.45) is 5.92 Å². The Balaban J connectivity index is 1.63. The predicted octanol–water partition coefficient (Wildman–Crippen LogP) is 4.42. The van der Waals surface area contributed by atoms with Crippen LogP contribution >= 0.6 is 0 Å². The largest absolute Gasteiger partial charge is 0.0841 e. The van der Waals surface area contributed by atoms with Crippen molar-refractivity contribution < 1.29 is 0 Å². The van der Waals surface area contributed by atoms with Crippen molar-refractivity contribution in [3.8, 4) is 0 Å². The summed E-state index contributed by atoms with van der Waals surface area (Å²) in [5.74, 6) is 0.757. The zero-order valence-electron chi connectivity index (χ0n) is 10.5. The van der Waals surface area contributed by atoms with Crippen LogP contribution in [-0.2, 0) is 12.8 Å². The first-order valence-electron chi connectivity index (χ1n) is 6.68. The third-order valence-corrected chi connectivity index (χ3v) is 3.76. The first kappa shape index (κ1) is 11.3. The maximum atomic E-state index is 2.40. The van der Waals surface area contributed by atoms with Crippen molar-refractivity contribution in [2.45, 2.75) is 19.3 Å². The van der Waals surface area contributed by atoms with E-state index in [1.165, 1.54) is 24.0 Å². The molecule has 0 heterocycles. The van der Waals surface area contributed by atoms with Crippen LogP contribution in [0.5, 0.6) is 0 Å². The minimum atomic E-state index is 0.757. The summed E-state index contributed by atoms with van der Waals surface area (Å²) < 4.78 is 0. The molecule has 0 bridgehead atoms. The SMILES string of the molecule is C1=C(Cc2ccccc2)C(Cc2ccccc2)C1. The molecule has 2 aromatic rings. The molecule has 18 heavy (non-hydrogen) atoms. The highest BCUT2D eigenvalue weighted by Crippen LogP contribution is 2.32. The fraction of sp³-hybridized carbons (Fsp3) is 0.222. The molecule has 0 fully saturated rings. The molecule has 0 aromatic heterocycles. The van der Waals surface area contributed by atoms with Gasteiger partial charge >= 0.3 is 0 Å². The molecular weight excluding hydrogens is 216 g/mol. The molecule has 0 saturated heterocycles. The van der Waals surface area contributed by atoms with Gasteiger partial charge in [0.2, 0.25) is 0 Å². The molecule has 0 aliphatic heterocycles. The van der Waals surface area contributed by atoms with Crippen LogP contribution in [0.25, 0.3) is 0 Å². The third-order valence-electron chi connectivity index (χ3n) is 3.76. The monoisotopic (exact) mass is 234 g/mol. The summed E-state index contributed by atoms with van der Waals surface area (Å²) in [4.78, 5) is 0. The van der Waals surface area contributed by atoms with Crippen LogP contribution in [0.1, 0.15) is 17.5 Å². The van der Waals surface area contributed by atoms with Crippen molar-refractivity contribution in [3.05, 3.63) is 83.4 Å². The quantitative estimate of drug-likeness (QED) is 0.687. The fourth-order valence-electron chi connectivity index (χ4n) is 2.61. The van der Waals surface area contributed by atoms with Gasteiger partial charge < -0.3 is 0 Å². The van der Waals surface area contributed by atoms with Crippen LogP contribution in [0.4, 0.5) is 0 Å². The highest BCUT2D eigenvalue weighted by atomic mass is 14.3. The van der Waals surface area contributed by atoms with Gasteiger partial charge in [-0.25, -0.2) is 0 Å². The van der Waals surface area contributed by atoms with Crippen LogP contribution in [0.15, 0.2) is 72.3 Å². The van der Waals surface area contributed by atoms with Gasteiger partial charge in [-0.15, -0.1) is 0 Å². The first-order valence-corrected chi connectivity index (χ1v) is 6.68. The lowest BCUT2D eigenvalue weighted by atomic mass is 9.77.